The van der Waals surface area contributed by atoms with Crippen LogP contribution in [0.2, 0.25) is 0 Å². The maximum absolute atomic E-state index is 12.3. The lowest BCUT2D eigenvalue weighted by Gasteiger charge is -2.35. The molecule has 0 aromatic carbocycles. The van der Waals surface area contributed by atoms with Crippen LogP contribution in [0.1, 0.15) is 69.4 Å². The molecule has 1 aliphatic carbocycles. The van der Waals surface area contributed by atoms with Crippen LogP contribution < -0.4 is 16.2 Å². The number of hydrazine groups is 1. The van der Waals surface area contributed by atoms with Gasteiger partial charge in [0.05, 0.1) is 12.2 Å². The Labute approximate surface area is 168 Å². The molecule has 2 unspecified atom stereocenters. The number of hydrogen-bond acceptors (Lipinski definition) is 5. The van der Waals surface area contributed by atoms with E-state index in [0.717, 1.165) is 32.5 Å². The molecule has 0 spiro atoms. The van der Waals surface area contributed by atoms with Crippen molar-refractivity contribution in [2.75, 3.05) is 19.6 Å². The summed E-state index contributed by atoms with van der Waals surface area (Å²) in [5.74, 6) is 1.52. The fraction of sp³-hybridized carbons (Fsp3) is 0.727. The average Bonchev–Trinajstić information content (AvgIpc) is 3.24. The predicted octanol–water partition coefficient (Wildman–Crippen LogP) is 2.75. The summed E-state index contributed by atoms with van der Waals surface area (Å²) < 4.78 is 0. The Morgan fingerprint density at radius 3 is 2.68 bits per heavy atom. The van der Waals surface area contributed by atoms with E-state index >= 15 is 0 Å². The molecule has 1 aromatic rings. The van der Waals surface area contributed by atoms with Gasteiger partial charge in [-0.15, -0.1) is 0 Å². The Balaban J connectivity index is 1.14. The van der Waals surface area contributed by atoms with E-state index in [1.54, 1.807) is 0 Å². The van der Waals surface area contributed by atoms with Gasteiger partial charge in [0.15, 0.2) is 0 Å². The van der Waals surface area contributed by atoms with E-state index < -0.39 is 0 Å². The summed E-state index contributed by atoms with van der Waals surface area (Å²) in [6.45, 7) is 3.05. The quantitative estimate of drug-likeness (QED) is 0.702. The van der Waals surface area contributed by atoms with Crippen molar-refractivity contribution in [3.63, 3.8) is 0 Å². The van der Waals surface area contributed by atoms with Gasteiger partial charge in [-0.3, -0.25) is 14.7 Å². The third kappa shape index (κ3) is 5.31. The third-order valence-corrected chi connectivity index (χ3v) is 6.85. The van der Waals surface area contributed by atoms with Crippen molar-refractivity contribution < 1.29 is 4.79 Å². The third-order valence-electron chi connectivity index (χ3n) is 6.85. The van der Waals surface area contributed by atoms with Gasteiger partial charge in [-0.05, 0) is 68.7 Å². The molecule has 6 heteroatoms. The average molecular weight is 386 g/mol. The van der Waals surface area contributed by atoms with E-state index in [0.29, 0.717) is 24.0 Å². The Morgan fingerprint density at radius 2 is 1.93 bits per heavy atom. The summed E-state index contributed by atoms with van der Waals surface area (Å²) in [4.78, 5) is 19.0. The highest BCUT2D eigenvalue weighted by atomic mass is 16.1. The Hall–Kier alpha value is -1.50. The van der Waals surface area contributed by atoms with Gasteiger partial charge in [-0.1, -0.05) is 25.3 Å². The molecule has 6 nitrogen and oxygen atoms in total. The first-order valence-corrected chi connectivity index (χ1v) is 11.2. The van der Waals surface area contributed by atoms with Crippen LogP contribution in [0, 0.1) is 11.8 Å². The molecular formula is C22H35N5O. The van der Waals surface area contributed by atoms with Gasteiger partial charge < -0.3 is 5.32 Å². The first-order chi connectivity index (χ1) is 13.8. The smallest absolute Gasteiger partial charge is 0.220 e. The van der Waals surface area contributed by atoms with Gasteiger partial charge >= 0.3 is 0 Å². The zero-order chi connectivity index (χ0) is 19.2. The van der Waals surface area contributed by atoms with Gasteiger partial charge in [-0.25, -0.2) is 10.9 Å². The minimum Gasteiger partial charge on any atom is -0.356 e. The number of carbonyl (C=O) groups is 1. The molecule has 4 rings (SSSR count). The summed E-state index contributed by atoms with van der Waals surface area (Å²) in [7, 11) is 0. The molecule has 3 fully saturated rings. The molecule has 2 saturated heterocycles. The zero-order valence-corrected chi connectivity index (χ0v) is 16.9. The van der Waals surface area contributed by atoms with Crippen LogP contribution in [-0.4, -0.2) is 41.6 Å². The summed E-state index contributed by atoms with van der Waals surface area (Å²) >= 11 is 0. The Morgan fingerprint density at radius 1 is 1.11 bits per heavy atom. The lowest BCUT2D eigenvalue weighted by atomic mass is 9.87. The van der Waals surface area contributed by atoms with E-state index in [-0.39, 0.29) is 5.91 Å². The van der Waals surface area contributed by atoms with Gasteiger partial charge in [0.1, 0.15) is 0 Å². The summed E-state index contributed by atoms with van der Waals surface area (Å²) in [6.07, 6.45) is 14.7. The minimum absolute atomic E-state index is 0.273. The number of likely N-dealkylation sites (tertiary alicyclic amines) is 1. The van der Waals surface area contributed by atoms with Crippen LogP contribution in [0.5, 0.6) is 0 Å². The van der Waals surface area contributed by atoms with Gasteiger partial charge in [0, 0.05) is 25.4 Å². The molecule has 2 atom stereocenters. The molecule has 1 aromatic heterocycles. The highest BCUT2D eigenvalue weighted by Crippen LogP contribution is 2.27. The molecule has 3 N–H and O–H groups in total. The van der Waals surface area contributed by atoms with Crippen molar-refractivity contribution in [3.05, 3.63) is 30.1 Å². The lowest BCUT2D eigenvalue weighted by Crippen LogP contribution is -2.49. The molecule has 154 valence electrons. The van der Waals surface area contributed by atoms with Crippen molar-refractivity contribution in [1.29, 1.82) is 0 Å². The zero-order valence-electron chi connectivity index (χ0n) is 16.9. The lowest BCUT2D eigenvalue weighted by molar-refractivity contribution is -0.122. The second-order valence-corrected chi connectivity index (χ2v) is 8.87. The summed E-state index contributed by atoms with van der Waals surface area (Å²) in [5.41, 5.74) is 8.13. The first kappa shape index (κ1) is 19.8. The Kier molecular flexibility index (Phi) is 6.94. The second kappa shape index (κ2) is 9.81. The number of carbonyl (C=O) groups excluding carboxylic acids is 1. The molecule has 0 radical (unpaired) electrons. The number of nitrogens with zero attached hydrogens (tertiary/aromatic N) is 2. The molecule has 1 amide bonds. The molecular weight excluding hydrogens is 350 g/mol. The van der Waals surface area contributed by atoms with E-state index in [9.17, 15) is 4.79 Å². The van der Waals surface area contributed by atoms with E-state index in [4.69, 9.17) is 0 Å². The van der Waals surface area contributed by atoms with Crippen LogP contribution in [0.15, 0.2) is 24.5 Å². The van der Waals surface area contributed by atoms with Crippen molar-refractivity contribution in [1.82, 2.24) is 26.1 Å². The number of hydrogen-bond donors (Lipinski definition) is 3. The molecule has 1 saturated carbocycles. The van der Waals surface area contributed by atoms with E-state index in [1.807, 2.05) is 18.5 Å². The molecule has 28 heavy (non-hydrogen) atoms. The normalized spacial score (nSPS) is 27.7. The van der Waals surface area contributed by atoms with Crippen molar-refractivity contribution in [2.24, 2.45) is 11.8 Å². The highest BCUT2D eigenvalue weighted by molar-refractivity contribution is 5.76. The molecule has 2 aliphatic heterocycles. The maximum Gasteiger partial charge on any atom is 0.220 e. The fourth-order valence-electron chi connectivity index (χ4n) is 5.03. The van der Waals surface area contributed by atoms with Crippen LogP contribution in [0.4, 0.5) is 0 Å². The van der Waals surface area contributed by atoms with E-state index in [2.05, 4.69) is 32.1 Å². The number of nitrogens with one attached hydrogen (secondary N) is 3. The summed E-state index contributed by atoms with van der Waals surface area (Å²) in [5, 5.41) is 3.22. The fourth-order valence-corrected chi connectivity index (χ4v) is 5.03. The predicted molar refractivity (Wildman–Crippen MR) is 110 cm³/mol. The summed E-state index contributed by atoms with van der Waals surface area (Å²) in [6, 6.07) is 4.46. The number of pyridine rings is 1. The van der Waals surface area contributed by atoms with Gasteiger partial charge in [0.25, 0.3) is 0 Å². The van der Waals surface area contributed by atoms with Crippen molar-refractivity contribution in [3.8, 4) is 0 Å². The van der Waals surface area contributed by atoms with E-state index in [1.165, 1.54) is 50.5 Å². The van der Waals surface area contributed by atoms with Crippen LogP contribution in [0.3, 0.4) is 0 Å². The van der Waals surface area contributed by atoms with Crippen LogP contribution >= 0.6 is 0 Å². The topological polar surface area (TPSA) is 69.3 Å². The number of rotatable bonds is 6. The molecule has 0 bridgehead atoms. The van der Waals surface area contributed by atoms with Crippen LogP contribution in [0.25, 0.3) is 0 Å². The Bertz CT molecular complexity index is 611. The largest absolute Gasteiger partial charge is 0.356 e. The van der Waals surface area contributed by atoms with Gasteiger partial charge in [-0.2, -0.15) is 0 Å². The van der Waals surface area contributed by atoms with Crippen LogP contribution in [-0.2, 0) is 4.79 Å². The highest BCUT2D eigenvalue weighted by Gasteiger charge is 2.32. The number of amides is 1. The minimum atomic E-state index is 0.273. The first-order valence-electron chi connectivity index (χ1n) is 11.2. The van der Waals surface area contributed by atoms with Crippen molar-refractivity contribution >= 4 is 5.91 Å². The van der Waals surface area contributed by atoms with Gasteiger partial charge in [0.2, 0.25) is 5.91 Å². The molecule has 3 heterocycles. The number of aromatic nitrogens is 1. The number of piperidine rings is 1. The second-order valence-electron chi connectivity index (χ2n) is 8.87. The standard InChI is InChI=1S/C22H35N5O/c28-22(13-17-5-2-1-3-6-17)24-15-18-8-11-27(12-9-18)21-14-20(25-26-21)19-7-4-10-23-16-19/h4,7,10,16-18,20-21,25-26H,1-3,5-6,8-9,11-15H2,(H,24,28). The maximum atomic E-state index is 12.3. The molecule has 3 aliphatic rings. The van der Waals surface area contributed by atoms with Crippen molar-refractivity contribution in [2.45, 2.75) is 70.0 Å². The SMILES string of the molecule is O=C(CC1CCCCC1)NCC1CCN(C2CC(c3cccnc3)NN2)CC1. The monoisotopic (exact) mass is 385 g/mol.